The average molecular weight is 560 g/mol. The van der Waals surface area contributed by atoms with Crippen molar-refractivity contribution >= 4 is 17.8 Å². The summed E-state index contributed by atoms with van der Waals surface area (Å²) in [7, 11) is 0. The molecule has 0 saturated carbocycles. The fourth-order valence-corrected chi connectivity index (χ4v) is 4.26. The van der Waals surface area contributed by atoms with Crippen molar-refractivity contribution in [1.82, 2.24) is 5.32 Å². The maximum Gasteiger partial charge on any atom is 0.303 e. The van der Waals surface area contributed by atoms with Crippen LogP contribution in [0.2, 0.25) is 0 Å². The van der Waals surface area contributed by atoms with Crippen LogP contribution >= 0.6 is 0 Å². The van der Waals surface area contributed by atoms with Gasteiger partial charge in [0, 0.05) is 20.8 Å². The Morgan fingerprint density at radius 1 is 0.850 bits per heavy atom. The molecule has 1 fully saturated rings. The number of aliphatic hydroxyl groups excluding tert-OH is 1. The molecule has 0 aromatic heterocycles. The molecule has 2 N–H and O–H groups in total. The zero-order valence-corrected chi connectivity index (χ0v) is 22.9. The van der Waals surface area contributed by atoms with Crippen LogP contribution in [0, 0.1) is 0 Å². The van der Waals surface area contributed by atoms with Gasteiger partial charge < -0.3 is 38.8 Å². The second kappa shape index (κ2) is 16.0. The monoisotopic (exact) mass is 559 g/mol. The number of amides is 1. The lowest BCUT2D eigenvalue weighted by molar-refractivity contribution is -0.278. The zero-order chi connectivity index (χ0) is 28.9. The van der Waals surface area contributed by atoms with Gasteiger partial charge in [-0.15, -0.1) is 0 Å². The molecule has 11 heteroatoms. The second-order valence-corrected chi connectivity index (χ2v) is 9.39. The van der Waals surface area contributed by atoms with Crippen molar-refractivity contribution in [1.29, 1.82) is 0 Å². The lowest BCUT2D eigenvalue weighted by Gasteiger charge is -2.45. The van der Waals surface area contributed by atoms with E-state index in [1.54, 1.807) is 0 Å². The molecule has 0 radical (unpaired) electrons. The summed E-state index contributed by atoms with van der Waals surface area (Å²) in [6.07, 6.45) is -4.92. The molecule has 3 rings (SSSR count). The van der Waals surface area contributed by atoms with Crippen LogP contribution in [-0.4, -0.2) is 79.5 Å². The highest BCUT2D eigenvalue weighted by Gasteiger charge is 2.48. The quantitative estimate of drug-likeness (QED) is 0.330. The van der Waals surface area contributed by atoms with Gasteiger partial charge in [0.05, 0.1) is 26.4 Å². The maximum absolute atomic E-state index is 12.0. The van der Waals surface area contributed by atoms with Gasteiger partial charge in [0.1, 0.15) is 31.0 Å². The Bertz CT molecular complexity index is 1070. The summed E-state index contributed by atoms with van der Waals surface area (Å²) in [5.41, 5.74) is 1.85. The van der Waals surface area contributed by atoms with Crippen molar-refractivity contribution in [2.75, 3.05) is 19.8 Å². The van der Waals surface area contributed by atoms with Crippen LogP contribution in [0.1, 0.15) is 31.9 Å². The van der Waals surface area contributed by atoms with Gasteiger partial charge in [-0.3, -0.25) is 14.4 Å². The van der Waals surface area contributed by atoms with Crippen LogP contribution in [0.5, 0.6) is 0 Å². The van der Waals surface area contributed by atoms with Crippen molar-refractivity contribution in [2.45, 2.75) is 70.7 Å². The molecule has 1 aliphatic heterocycles. The summed E-state index contributed by atoms with van der Waals surface area (Å²) in [6.45, 7) is 3.88. The molecule has 218 valence electrons. The molecule has 1 aliphatic rings. The van der Waals surface area contributed by atoms with Gasteiger partial charge in [-0.25, -0.2) is 0 Å². The standard InChI is InChI=1S/C29H37NO10/c1-19(31)30-26-28(38-17-24(39-21(3)33)16-36-20(2)32)27(37-15-23-12-8-5-9-13-23)25(40-29(26)34)18-35-14-22-10-6-4-7-11-22/h4-13,24-29,34H,14-18H2,1-3H3,(H,30,31)/t24?,25-,26-,27-,28-,29+/m1/s1. The minimum atomic E-state index is -1.45. The van der Waals surface area contributed by atoms with Gasteiger partial charge in [0.15, 0.2) is 12.4 Å². The summed E-state index contributed by atoms with van der Waals surface area (Å²) in [6, 6.07) is 18.0. The minimum absolute atomic E-state index is 0.0544. The highest BCUT2D eigenvalue weighted by atomic mass is 16.7. The van der Waals surface area contributed by atoms with Gasteiger partial charge in [-0.05, 0) is 11.1 Å². The average Bonchev–Trinajstić information content (AvgIpc) is 2.92. The molecule has 2 aromatic carbocycles. The van der Waals surface area contributed by atoms with E-state index in [1.165, 1.54) is 20.8 Å². The fraction of sp³-hybridized carbons (Fsp3) is 0.483. The fourth-order valence-electron chi connectivity index (χ4n) is 4.26. The summed E-state index contributed by atoms with van der Waals surface area (Å²) in [4.78, 5) is 35.0. The molecular formula is C29H37NO10. The predicted octanol–water partition coefficient (Wildman–Crippen LogP) is 1.89. The lowest BCUT2D eigenvalue weighted by Crippen LogP contribution is -2.65. The van der Waals surface area contributed by atoms with Crippen molar-refractivity contribution in [3.63, 3.8) is 0 Å². The van der Waals surface area contributed by atoms with Crippen LogP contribution in [-0.2, 0) is 56.0 Å². The summed E-state index contributed by atoms with van der Waals surface area (Å²) in [5.74, 6) is -1.55. The first-order valence-corrected chi connectivity index (χ1v) is 13.0. The normalized spacial score (nSPS) is 23.1. The van der Waals surface area contributed by atoms with E-state index in [0.29, 0.717) is 6.61 Å². The first kappa shape index (κ1) is 31.2. The van der Waals surface area contributed by atoms with Crippen molar-refractivity contribution in [3.8, 4) is 0 Å². The Morgan fingerprint density at radius 3 is 2.05 bits per heavy atom. The van der Waals surface area contributed by atoms with Gasteiger partial charge in [-0.2, -0.15) is 0 Å². The summed E-state index contributed by atoms with van der Waals surface area (Å²) in [5, 5.41) is 13.6. The molecule has 1 saturated heterocycles. The Hall–Kier alpha value is -3.35. The molecule has 40 heavy (non-hydrogen) atoms. The topological polar surface area (TPSA) is 139 Å². The molecule has 6 atom stereocenters. The van der Waals surface area contributed by atoms with E-state index in [0.717, 1.165) is 11.1 Å². The highest BCUT2D eigenvalue weighted by molar-refractivity contribution is 5.73. The van der Waals surface area contributed by atoms with E-state index in [1.807, 2.05) is 60.7 Å². The van der Waals surface area contributed by atoms with E-state index in [2.05, 4.69) is 5.32 Å². The minimum Gasteiger partial charge on any atom is -0.462 e. The Morgan fingerprint density at radius 2 is 1.48 bits per heavy atom. The maximum atomic E-state index is 12.0. The van der Waals surface area contributed by atoms with Crippen LogP contribution < -0.4 is 5.32 Å². The number of nitrogens with one attached hydrogen (secondary N) is 1. The van der Waals surface area contributed by atoms with Crippen molar-refractivity contribution < 1.29 is 47.9 Å². The van der Waals surface area contributed by atoms with Gasteiger partial charge in [0.25, 0.3) is 0 Å². The van der Waals surface area contributed by atoms with Crippen molar-refractivity contribution in [2.24, 2.45) is 0 Å². The highest BCUT2D eigenvalue weighted by Crippen LogP contribution is 2.27. The van der Waals surface area contributed by atoms with Crippen molar-refractivity contribution in [3.05, 3.63) is 71.8 Å². The molecular weight excluding hydrogens is 522 g/mol. The Labute approximate surface area is 233 Å². The molecule has 1 heterocycles. The molecule has 1 amide bonds. The molecule has 0 bridgehead atoms. The number of aliphatic hydroxyl groups is 1. The van der Waals surface area contributed by atoms with Gasteiger partial charge in [-0.1, -0.05) is 60.7 Å². The molecule has 0 spiro atoms. The first-order chi connectivity index (χ1) is 19.2. The number of hydrogen-bond donors (Lipinski definition) is 2. The number of benzene rings is 2. The summed E-state index contributed by atoms with van der Waals surface area (Å²) >= 11 is 0. The largest absolute Gasteiger partial charge is 0.462 e. The number of hydrogen-bond acceptors (Lipinski definition) is 10. The van der Waals surface area contributed by atoms with Crippen LogP contribution in [0.4, 0.5) is 0 Å². The van der Waals surface area contributed by atoms with Crippen LogP contribution in [0.3, 0.4) is 0 Å². The number of carbonyl (C=O) groups is 3. The molecule has 0 aliphatic carbocycles. The van der Waals surface area contributed by atoms with E-state index >= 15 is 0 Å². The zero-order valence-electron chi connectivity index (χ0n) is 22.9. The number of carbonyl (C=O) groups excluding carboxylic acids is 3. The third-order valence-electron chi connectivity index (χ3n) is 5.99. The van der Waals surface area contributed by atoms with Crippen LogP contribution in [0.25, 0.3) is 0 Å². The second-order valence-electron chi connectivity index (χ2n) is 9.39. The van der Waals surface area contributed by atoms with Gasteiger partial charge >= 0.3 is 11.9 Å². The molecule has 2 aromatic rings. The predicted molar refractivity (Wildman–Crippen MR) is 142 cm³/mol. The van der Waals surface area contributed by atoms with E-state index < -0.39 is 54.6 Å². The molecule has 1 unspecified atom stereocenters. The third-order valence-corrected chi connectivity index (χ3v) is 5.99. The van der Waals surface area contributed by atoms with E-state index in [4.69, 9.17) is 28.4 Å². The molecule has 11 nitrogen and oxygen atoms in total. The van der Waals surface area contributed by atoms with Crippen LogP contribution in [0.15, 0.2) is 60.7 Å². The number of rotatable bonds is 14. The van der Waals surface area contributed by atoms with E-state index in [-0.39, 0.29) is 26.4 Å². The first-order valence-electron chi connectivity index (χ1n) is 13.0. The van der Waals surface area contributed by atoms with Gasteiger partial charge in [0.2, 0.25) is 5.91 Å². The lowest BCUT2D eigenvalue weighted by atomic mass is 9.96. The SMILES string of the molecule is CC(=O)N[C@@H]1[C@@H](OCC(COC(C)=O)OC(C)=O)[C@H](OCc2ccccc2)[C@@H](COCc2ccccc2)O[C@@H]1O. The summed E-state index contributed by atoms with van der Waals surface area (Å²) < 4.78 is 34.5. The smallest absolute Gasteiger partial charge is 0.303 e. The number of ether oxygens (including phenoxy) is 6. The Kier molecular flexibility index (Phi) is 12.5. The Balaban J connectivity index is 1.82. The van der Waals surface area contributed by atoms with E-state index in [9.17, 15) is 19.5 Å². The third kappa shape index (κ3) is 10.3. The number of esters is 2.